The smallest absolute Gasteiger partial charge is 0.245 e. The van der Waals surface area contributed by atoms with Crippen molar-refractivity contribution in [3.63, 3.8) is 0 Å². The van der Waals surface area contributed by atoms with Crippen molar-refractivity contribution in [2.24, 2.45) is 0 Å². The van der Waals surface area contributed by atoms with Crippen molar-refractivity contribution in [2.75, 3.05) is 12.8 Å². The van der Waals surface area contributed by atoms with E-state index in [1.807, 2.05) is 0 Å². The van der Waals surface area contributed by atoms with Crippen LogP contribution in [0.4, 0.5) is 10.3 Å². The highest BCUT2D eigenvalue weighted by Crippen LogP contribution is 2.27. The highest BCUT2D eigenvalue weighted by molar-refractivity contribution is 6.30. The monoisotopic (exact) mass is 293 g/mol. The third kappa shape index (κ3) is 1.83. The molecular formula is C12H9ClFN5O. The summed E-state index contributed by atoms with van der Waals surface area (Å²) in [5.74, 6) is -0.0955. The molecule has 0 bridgehead atoms. The lowest BCUT2D eigenvalue weighted by Crippen LogP contribution is -2.02. The average molecular weight is 294 g/mol. The molecule has 0 aliphatic heterocycles. The minimum absolute atomic E-state index is 0.0314. The van der Waals surface area contributed by atoms with Crippen LogP contribution in [0.5, 0.6) is 5.88 Å². The molecule has 2 N–H and O–H groups in total. The van der Waals surface area contributed by atoms with E-state index >= 15 is 0 Å². The van der Waals surface area contributed by atoms with Crippen LogP contribution in [0, 0.1) is 5.82 Å². The lowest BCUT2D eigenvalue weighted by Gasteiger charge is -2.06. The fraction of sp³-hybridized carbons (Fsp3) is 0.0833. The van der Waals surface area contributed by atoms with Gasteiger partial charge in [0.2, 0.25) is 11.8 Å². The Morgan fingerprint density at radius 3 is 2.85 bits per heavy atom. The Morgan fingerprint density at radius 2 is 2.15 bits per heavy atom. The summed E-state index contributed by atoms with van der Waals surface area (Å²) >= 11 is 5.67. The van der Waals surface area contributed by atoms with Crippen molar-refractivity contribution < 1.29 is 9.13 Å². The van der Waals surface area contributed by atoms with Gasteiger partial charge in [-0.05, 0) is 18.2 Å². The van der Waals surface area contributed by atoms with Gasteiger partial charge in [0.05, 0.1) is 17.8 Å². The zero-order valence-electron chi connectivity index (χ0n) is 10.3. The number of benzene rings is 1. The van der Waals surface area contributed by atoms with Crippen LogP contribution in [0.3, 0.4) is 0 Å². The molecule has 2 aromatic heterocycles. The molecule has 0 amide bonds. The number of aromatic nitrogens is 4. The molecule has 6 nitrogen and oxygen atoms in total. The minimum Gasteiger partial charge on any atom is -0.479 e. The SMILES string of the molecule is COc1ncnc2c1nc(N)n2-c1ccc(Cl)c(F)c1. The maximum absolute atomic E-state index is 13.6. The van der Waals surface area contributed by atoms with Crippen LogP contribution in [0.1, 0.15) is 0 Å². The number of nitrogens with zero attached hydrogens (tertiary/aromatic N) is 4. The second-order valence-corrected chi connectivity index (χ2v) is 4.37. The van der Waals surface area contributed by atoms with Gasteiger partial charge >= 0.3 is 0 Å². The summed E-state index contributed by atoms with van der Waals surface area (Å²) in [6.07, 6.45) is 1.32. The lowest BCUT2D eigenvalue weighted by molar-refractivity contribution is 0.401. The van der Waals surface area contributed by atoms with E-state index in [4.69, 9.17) is 22.1 Å². The molecule has 3 rings (SSSR count). The van der Waals surface area contributed by atoms with E-state index in [1.54, 1.807) is 6.07 Å². The molecule has 0 unspecified atom stereocenters. The Bertz CT molecular complexity index is 804. The molecule has 0 atom stereocenters. The van der Waals surface area contributed by atoms with Gasteiger partial charge in [0.25, 0.3) is 0 Å². The predicted octanol–water partition coefficient (Wildman–Crippen LogP) is 2.20. The van der Waals surface area contributed by atoms with E-state index < -0.39 is 5.82 Å². The molecule has 3 aromatic rings. The highest BCUT2D eigenvalue weighted by atomic mass is 35.5. The van der Waals surface area contributed by atoms with E-state index in [0.29, 0.717) is 22.7 Å². The van der Waals surface area contributed by atoms with E-state index in [0.717, 1.165) is 0 Å². The van der Waals surface area contributed by atoms with Crippen LogP contribution >= 0.6 is 11.6 Å². The molecule has 102 valence electrons. The Balaban J connectivity index is 2.30. The zero-order valence-corrected chi connectivity index (χ0v) is 11.1. The largest absolute Gasteiger partial charge is 0.479 e. The third-order valence-electron chi connectivity index (χ3n) is 2.79. The number of fused-ring (bicyclic) bond motifs is 1. The fourth-order valence-electron chi connectivity index (χ4n) is 1.92. The molecule has 0 saturated heterocycles. The minimum atomic E-state index is -0.550. The second kappa shape index (κ2) is 4.61. The number of halogens is 2. The lowest BCUT2D eigenvalue weighted by atomic mass is 10.3. The third-order valence-corrected chi connectivity index (χ3v) is 3.10. The van der Waals surface area contributed by atoms with Gasteiger partial charge in [-0.15, -0.1) is 0 Å². The molecule has 20 heavy (non-hydrogen) atoms. The van der Waals surface area contributed by atoms with Gasteiger partial charge in [-0.3, -0.25) is 4.57 Å². The number of methoxy groups -OCH3 is 1. The Labute approximate surface area is 118 Å². The van der Waals surface area contributed by atoms with Crippen LogP contribution in [0.25, 0.3) is 16.9 Å². The van der Waals surface area contributed by atoms with E-state index in [2.05, 4.69) is 15.0 Å². The Morgan fingerprint density at radius 1 is 1.35 bits per heavy atom. The first kappa shape index (κ1) is 12.6. The number of nitrogens with two attached hydrogens (primary N) is 1. The van der Waals surface area contributed by atoms with Gasteiger partial charge in [-0.2, -0.15) is 4.98 Å². The summed E-state index contributed by atoms with van der Waals surface area (Å²) in [6, 6.07) is 4.32. The second-order valence-electron chi connectivity index (χ2n) is 3.96. The van der Waals surface area contributed by atoms with E-state index in [9.17, 15) is 4.39 Å². The predicted molar refractivity (Wildman–Crippen MR) is 72.6 cm³/mol. The maximum atomic E-state index is 13.6. The molecule has 1 aromatic carbocycles. The number of imidazole rings is 1. The van der Waals surface area contributed by atoms with Gasteiger partial charge in [-0.25, -0.2) is 14.4 Å². The molecule has 0 fully saturated rings. The molecule has 0 spiro atoms. The number of ether oxygens (including phenoxy) is 1. The van der Waals surface area contributed by atoms with Gasteiger partial charge < -0.3 is 10.5 Å². The average Bonchev–Trinajstić information content (AvgIpc) is 2.78. The van der Waals surface area contributed by atoms with Crippen molar-refractivity contribution in [3.05, 3.63) is 35.4 Å². The summed E-state index contributed by atoms with van der Waals surface area (Å²) < 4.78 is 20.2. The summed E-state index contributed by atoms with van der Waals surface area (Å²) in [6.45, 7) is 0. The van der Waals surface area contributed by atoms with E-state index in [1.165, 1.54) is 30.1 Å². The quantitative estimate of drug-likeness (QED) is 0.783. The van der Waals surface area contributed by atoms with E-state index in [-0.39, 0.29) is 11.0 Å². The van der Waals surface area contributed by atoms with Crippen molar-refractivity contribution in [3.8, 4) is 11.6 Å². The van der Waals surface area contributed by atoms with Crippen LogP contribution < -0.4 is 10.5 Å². The van der Waals surface area contributed by atoms with Crippen molar-refractivity contribution in [2.45, 2.75) is 0 Å². The maximum Gasteiger partial charge on any atom is 0.245 e. The van der Waals surface area contributed by atoms with Gasteiger partial charge in [0, 0.05) is 0 Å². The van der Waals surface area contributed by atoms with Crippen molar-refractivity contribution in [1.29, 1.82) is 0 Å². The van der Waals surface area contributed by atoms with Gasteiger partial charge in [-0.1, -0.05) is 11.6 Å². The molecule has 8 heteroatoms. The number of nitrogen functional groups attached to an aromatic ring is 1. The first-order chi connectivity index (χ1) is 9.61. The molecule has 0 radical (unpaired) electrons. The summed E-state index contributed by atoms with van der Waals surface area (Å²) in [5.41, 5.74) is 7.17. The first-order valence-corrected chi connectivity index (χ1v) is 5.98. The Kier molecular flexibility index (Phi) is 2.90. The Hall–Kier alpha value is -2.41. The van der Waals surface area contributed by atoms with Gasteiger partial charge in [0.15, 0.2) is 11.2 Å². The molecule has 0 aliphatic carbocycles. The number of hydrogen-bond donors (Lipinski definition) is 1. The van der Waals surface area contributed by atoms with Crippen LogP contribution in [-0.2, 0) is 0 Å². The summed E-state index contributed by atoms with van der Waals surface area (Å²) in [5, 5.41) is 0.0314. The molecular weight excluding hydrogens is 285 g/mol. The van der Waals surface area contributed by atoms with Gasteiger partial charge in [0.1, 0.15) is 12.1 Å². The highest BCUT2D eigenvalue weighted by Gasteiger charge is 2.16. The molecule has 2 heterocycles. The summed E-state index contributed by atoms with van der Waals surface area (Å²) in [4.78, 5) is 12.2. The standard InChI is InChI=1S/C12H9ClFN5O/c1-20-11-9-10(16-5-17-11)19(12(15)18-9)6-2-3-7(13)8(14)4-6/h2-5H,1H3,(H2,15,18). The number of rotatable bonds is 2. The molecule has 0 aliphatic rings. The van der Waals surface area contributed by atoms with Crippen molar-refractivity contribution in [1.82, 2.24) is 19.5 Å². The fourth-order valence-corrected chi connectivity index (χ4v) is 2.03. The van der Waals surface area contributed by atoms with Crippen LogP contribution in [0.2, 0.25) is 5.02 Å². The first-order valence-electron chi connectivity index (χ1n) is 5.60. The zero-order chi connectivity index (χ0) is 14.3. The van der Waals surface area contributed by atoms with Crippen LogP contribution in [0.15, 0.2) is 24.5 Å². The van der Waals surface area contributed by atoms with Crippen LogP contribution in [-0.4, -0.2) is 26.6 Å². The molecule has 0 saturated carbocycles. The number of anilines is 1. The topological polar surface area (TPSA) is 78.8 Å². The van der Waals surface area contributed by atoms with Crippen molar-refractivity contribution >= 4 is 28.7 Å². The number of hydrogen-bond acceptors (Lipinski definition) is 5. The summed E-state index contributed by atoms with van der Waals surface area (Å²) in [7, 11) is 1.47. The normalized spacial score (nSPS) is 10.9.